The molecule has 0 saturated carbocycles. The Labute approximate surface area is 61.6 Å². The molecule has 0 saturated heterocycles. The van der Waals surface area contributed by atoms with Crippen LogP contribution in [0.25, 0.3) is 0 Å². The second-order valence-electron chi connectivity index (χ2n) is 1.79. The Bertz CT molecular complexity index is 256. The molecule has 0 aliphatic carbocycles. The van der Waals surface area contributed by atoms with Crippen LogP contribution in [0.5, 0.6) is 0 Å². The van der Waals surface area contributed by atoms with Gasteiger partial charge in [0.1, 0.15) is 0 Å². The Kier molecular flexibility index (Phi) is 2.01. The fourth-order valence-electron chi connectivity index (χ4n) is 0.558. The van der Waals surface area contributed by atoms with E-state index in [1.165, 1.54) is 6.07 Å². The number of thiophene rings is 1. The van der Waals surface area contributed by atoms with E-state index in [0.717, 1.165) is 11.3 Å². The molecule has 0 aliphatic heterocycles. The molecule has 1 rings (SSSR count). The number of oxime groups is 1. The number of hydrogen-bond acceptors (Lipinski definition) is 3. The van der Waals surface area contributed by atoms with E-state index < -0.39 is 0 Å². The third-order valence-electron chi connectivity index (χ3n) is 1.08. The van der Waals surface area contributed by atoms with Gasteiger partial charge < -0.3 is 5.21 Å². The minimum atomic E-state index is -0.266. The molecule has 0 spiro atoms. The molecule has 0 bridgehead atoms. The molecule has 2 nitrogen and oxygen atoms in total. The fourth-order valence-corrected chi connectivity index (χ4v) is 1.23. The van der Waals surface area contributed by atoms with Crippen LogP contribution in [-0.2, 0) is 0 Å². The maximum Gasteiger partial charge on any atom is 0.177 e. The SMILES string of the molecule is C/C(=N\O)c1ccc(F)s1. The normalized spacial score (nSPS) is 12.0. The summed E-state index contributed by atoms with van der Waals surface area (Å²) in [5.74, 6) is 0. The second kappa shape index (κ2) is 2.79. The van der Waals surface area contributed by atoms with Crippen LogP contribution in [0.2, 0.25) is 0 Å². The van der Waals surface area contributed by atoms with E-state index in [4.69, 9.17) is 5.21 Å². The molecule has 4 heteroatoms. The maximum atomic E-state index is 12.3. The van der Waals surface area contributed by atoms with Gasteiger partial charge in [0.25, 0.3) is 0 Å². The summed E-state index contributed by atoms with van der Waals surface area (Å²) in [4.78, 5) is 0.653. The van der Waals surface area contributed by atoms with Gasteiger partial charge in [-0.2, -0.15) is 4.39 Å². The Morgan fingerprint density at radius 1 is 1.70 bits per heavy atom. The van der Waals surface area contributed by atoms with E-state index in [9.17, 15) is 4.39 Å². The van der Waals surface area contributed by atoms with Crippen molar-refractivity contribution in [3.05, 3.63) is 22.1 Å². The van der Waals surface area contributed by atoms with Gasteiger partial charge in [-0.1, -0.05) is 5.16 Å². The Morgan fingerprint density at radius 3 is 2.80 bits per heavy atom. The first-order valence-electron chi connectivity index (χ1n) is 2.68. The summed E-state index contributed by atoms with van der Waals surface area (Å²) >= 11 is 0.963. The summed E-state index contributed by atoms with van der Waals surface area (Å²) in [7, 11) is 0. The molecule has 0 unspecified atom stereocenters. The first kappa shape index (κ1) is 7.21. The van der Waals surface area contributed by atoms with Gasteiger partial charge in [0, 0.05) is 0 Å². The molecule has 54 valence electrons. The Morgan fingerprint density at radius 2 is 2.40 bits per heavy atom. The van der Waals surface area contributed by atoms with E-state index in [-0.39, 0.29) is 5.13 Å². The predicted molar refractivity (Wildman–Crippen MR) is 38.3 cm³/mol. The third kappa shape index (κ3) is 1.33. The lowest BCUT2D eigenvalue weighted by Gasteiger charge is -1.87. The fraction of sp³-hybridized carbons (Fsp3) is 0.167. The zero-order chi connectivity index (χ0) is 7.56. The summed E-state index contributed by atoms with van der Waals surface area (Å²) in [6.07, 6.45) is 0. The van der Waals surface area contributed by atoms with Crippen LogP contribution in [0.15, 0.2) is 17.3 Å². The van der Waals surface area contributed by atoms with Crippen LogP contribution in [0.4, 0.5) is 4.39 Å². The summed E-state index contributed by atoms with van der Waals surface area (Å²) in [5.41, 5.74) is 0.439. The van der Waals surface area contributed by atoms with Crippen molar-refractivity contribution < 1.29 is 9.60 Å². The lowest BCUT2D eigenvalue weighted by Crippen LogP contribution is -1.87. The van der Waals surface area contributed by atoms with E-state index in [1.54, 1.807) is 13.0 Å². The van der Waals surface area contributed by atoms with Crippen molar-refractivity contribution in [2.75, 3.05) is 0 Å². The first-order valence-corrected chi connectivity index (χ1v) is 3.50. The van der Waals surface area contributed by atoms with E-state index in [0.29, 0.717) is 10.6 Å². The highest BCUT2D eigenvalue weighted by molar-refractivity contribution is 7.12. The molecule has 0 atom stereocenters. The van der Waals surface area contributed by atoms with Crippen molar-refractivity contribution in [3.63, 3.8) is 0 Å². The standard InChI is InChI=1S/C6H6FNOS/c1-4(8-9)5-2-3-6(7)10-5/h2-3,9H,1H3/b8-4+. The highest BCUT2D eigenvalue weighted by Gasteiger charge is 2.01. The maximum absolute atomic E-state index is 12.3. The highest BCUT2D eigenvalue weighted by atomic mass is 32.1. The molecule has 1 N–H and O–H groups in total. The van der Waals surface area contributed by atoms with Crippen LogP contribution < -0.4 is 0 Å². The smallest absolute Gasteiger partial charge is 0.177 e. The third-order valence-corrected chi connectivity index (χ3v) is 2.06. The molecule has 0 fully saturated rings. The summed E-state index contributed by atoms with van der Waals surface area (Å²) in [6.45, 7) is 1.62. The summed E-state index contributed by atoms with van der Waals surface area (Å²) in [5, 5.41) is 10.9. The van der Waals surface area contributed by atoms with Gasteiger partial charge in [-0.25, -0.2) is 0 Å². The van der Waals surface area contributed by atoms with Gasteiger partial charge in [-0.05, 0) is 19.1 Å². The largest absolute Gasteiger partial charge is 0.411 e. The molecule has 0 aromatic carbocycles. The molecular weight excluding hydrogens is 153 g/mol. The summed E-state index contributed by atoms with van der Waals surface area (Å²) < 4.78 is 12.3. The van der Waals surface area contributed by atoms with E-state index in [1.807, 2.05) is 0 Å². The van der Waals surface area contributed by atoms with Crippen molar-refractivity contribution in [2.45, 2.75) is 6.92 Å². The highest BCUT2D eigenvalue weighted by Crippen LogP contribution is 2.14. The van der Waals surface area contributed by atoms with Crippen molar-refractivity contribution in [3.8, 4) is 0 Å². The molecule has 0 radical (unpaired) electrons. The van der Waals surface area contributed by atoms with Crippen LogP contribution in [0.3, 0.4) is 0 Å². The van der Waals surface area contributed by atoms with Gasteiger partial charge in [0.15, 0.2) is 5.13 Å². The first-order chi connectivity index (χ1) is 4.74. The molecular formula is C6H6FNOS. The molecule has 0 amide bonds. The van der Waals surface area contributed by atoms with Gasteiger partial charge in [0.2, 0.25) is 0 Å². The van der Waals surface area contributed by atoms with E-state index in [2.05, 4.69) is 5.16 Å². The van der Waals surface area contributed by atoms with Crippen molar-refractivity contribution in [1.82, 2.24) is 0 Å². The van der Waals surface area contributed by atoms with E-state index >= 15 is 0 Å². The quantitative estimate of drug-likeness (QED) is 0.380. The van der Waals surface area contributed by atoms with Gasteiger partial charge in [0.05, 0.1) is 10.6 Å². The van der Waals surface area contributed by atoms with Crippen LogP contribution in [-0.4, -0.2) is 10.9 Å². The lowest BCUT2D eigenvalue weighted by molar-refractivity contribution is 0.319. The topological polar surface area (TPSA) is 32.6 Å². The number of halogens is 1. The lowest BCUT2D eigenvalue weighted by atomic mass is 10.3. The van der Waals surface area contributed by atoms with Gasteiger partial charge >= 0.3 is 0 Å². The number of rotatable bonds is 1. The van der Waals surface area contributed by atoms with Crippen molar-refractivity contribution in [1.29, 1.82) is 0 Å². The number of nitrogens with zero attached hydrogens (tertiary/aromatic N) is 1. The zero-order valence-corrected chi connectivity index (χ0v) is 6.15. The summed E-state index contributed by atoms with van der Waals surface area (Å²) in [6, 6.07) is 2.92. The molecule has 1 aromatic heterocycles. The van der Waals surface area contributed by atoms with Crippen LogP contribution in [0.1, 0.15) is 11.8 Å². The van der Waals surface area contributed by atoms with Gasteiger partial charge in [-0.15, -0.1) is 11.3 Å². The molecule has 10 heavy (non-hydrogen) atoms. The van der Waals surface area contributed by atoms with Crippen LogP contribution >= 0.6 is 11.3 Å². The average Bonchev–Trinajstić information content (AvgIpc) is 2.34. The molecule has 1 heterocycles. The van der Waals surface area contributed by atoms with Crippen molar-refractivity contribution in [2.24, 2.45) is 5.16 Å². The molecule has 1 aromatic rings. The average molecular weight is 159 g/mol. The van der Waals surface area contributed by atoms with Crippen LogP contribution in [0, 0.1) is 5.13 Å². The molecule has 0 aliphatic rings. The predicted octanol–water partition coefficient (Wildman–Crippen LogP) is 2.09. The minimum absolute atomic E-state index is 0.266. The minimum Gasteiger partial charge on any atom is -0.411 e. The number of hydrogen-bond donors (Lipinski definition) is 1. The second-order valence-corrected chi connectivity index (χ2v) is 2.82. The Balaban J connectivity index is 2.95. The van der Waals surface area contributed by atoms with Crippen molar-refractivity contribution >= 4 is 17.0 Å². The van der Waals surface area contributed by atoms with Gasteiger partial charge in [-0.3, -0.25) is 0 Å². The Hall–Kier alpha value is -0.900. The monoisotopic (exact) mass is 159 g/mol. The zero-order valence-electron chi connectivity index (χ0n) is 5.34.